The number of guanidine groups is 1. The molecule has 170 valence electrons. The molecule has 7 nitrogen and oxygen atoms in total. The first kappa shape index (κ1) is 24.1. The Morgan fingerprint density at radius 3 is 2.73 bits per heavy atom. The molecule has 0 aromatic carbocycles. The predicted octanol–water partition coefficient (Wildman–Crippen LogP) is 2.83. The summed E-state index contributed by atoms with van der Waals surface area (Å²) in [5.74, 6) is 5.50. The molecule has 9 heteroatoms. The van der Waals surface area contributed by atoms with Crippen LogP contribution in [0.15, 0.2) is 4.99 Å². The highest BCUT2D eigenvalue weighted by Gasteiger charge is 2.38. The van der Waals surface area contributed by atoms with Crippen molar-refractivity contribution in [1.29, 1.82) is 0 Å². The highest BCUT2D eigenvalue weighted by atomic mass is 127. The maximum Gasteiger partial charge on any atom is 0.191 e. The van der Waals surface area contributed by atoms with Crippen LogP contribution in [0.4, 0.5) is 0 Å². The van der Waals surface area contributed by atoms with Gasteiger partial charge in [0, 0.05) is 49.1 Å². The van der Waals surface area contributed by atoms with Crippen molar-refractivity contribution in [2.45, 2.75) is 76.9 Å². The SMILES string of the molecule is CCNC(=NCC1(N2CCSCC2)CCCCC1)NC1CCc2nc(C)nn2C1.I. The molecule has 2 N–H and O–H groups in total. The zero-order valence-corrected chi connectivity index (χ0v) is 21.7. The molecule has 3 heterocycles. The number of hydrogen-bond donors (Lipinski definition) is 2. The van der Waals surface area contributed by atoms with E-state index in [0.29, 0.717) is 6.04 Å². The number of hydrogen-bond acceptors (Lipinski definition) is 5. The number of aliphatic imine (C=N–C) groups is 1. The minimum Gasteiger partial charge on any atom is -0.357 e. The molecular formula is C21H38IN7S. The number of fused-ring (bicyclic) bond motifs is 1. The van der Waals surface area contributed by atoms with Crippen molar-refractivity contribution in [2.75, 3.05) is 37.7 Å². The maximum absolute atomic E-state index is 5.14. The van der Waals surface area contributed by atoms with E-state index in [1.165, 1.54) is 56.7 Å². The monoisotopic (exact) mass is 547 g/mol. The molecule has 2 fully saturated rings. The minimum absolute atomic E-state index is 0. The normalized spacial score (nSPS) is 24.6. The van der Waals surface area contributed by atoms with Crippen LogP contribution >= 0.6 is 35.7 Å². The van der Waals surface area contributed by atoms with Crippen molar-refractivity contribution >= 4 is 41.7 Å². The molecular weight excluding hydrogens is 509 g/mol. The van der Waals surface area contributed by atoms with E-state index in [1.54, 1.807) is 0 Å². The lowest BCUT2D eigenvalue weighted by molar-refractivity contribution is 0.0671. The first-order valence-electron chi connectivity index (χ1n) is 11.5. The molecule has 30 heavy (non-hydrogen) atoms. The summed E-state index contributed by atoms with van der Waals surface area (Å²) in [4.78, 5) is 12.4. The van der Waals surface area contributed by atoms with Gasteiger partial charge in [0.1, 0.15) is 11.6 Å². The Hall–Kier alpha value is -0.550. The maximum atomic E-state index is 5.14. The lowest BCUT2D eigenvalue weighted by Crippen LogP contribution is -2.56. The minimum atomic E-state index is 0. The zero-order valence-electron chi connectivity index (χ0n) is 18.5. The Kier molecular flexibility index (Phi) is 9.12. The molecule has 1 atom stereocenters. The number of aromatic nitrogens is 3. The van der Waals surface area contributed by atoms with E-state index in [9.17, 15) is 0 Å². The Morgan fingerprint density at radius 2 is 2.00 bits per heavy atom. The highest BCUT2D eigenvalue weighted by Crippen LogP contribution is 2.35. The molecule has 3 aliphatic rings. The van der Waals surface area contributed by atoms with Gasteiger partial charge in [0.2, 0.25) is 0 Å². The molecule has 1 aliphatic carbocycles. The molecule has 1 saturated heterocycles. The van der Waals surface area contributed by atoms with Crippen LogP contribution in [0.25, 0.3) is 0 Å². The van der Waals surface area contributed by atoms with Crippen molar-refractivity contribution in [3.63, 3.8) is 0 Å². The van der Waals surface area contributed by atoms with Gasteiger partial charge in [-0.25, -0.2) is 9.67 Å². The van der Waals surface area contributed by atoms with Crippen molar-refractivity contribution in [2.24, 2.45) is 4.99 Å². The number of aryl methyl sites for hydroxylation is 2. The van der Waals surface area contributed by atoms with Gasteiger partial charge >= 0.3 is 0 Å². The van der Waals surface area contributed by atoms with E-state index in [0.717, 1.165) is 50.1 Å². The van der Waals surface area contributed by atoms with E-state index < -0.39 is 0 Å². The highest BCUT2D eigenvalue weighted by molar-refractivity contribution is 14.0. The standard InChI is InChI=1S/C21H37N7S.HI/c1-3-22-20(25-18-7-8-19-24-17(2)26-28(19)15-18)23-16-21(9-5-4-6-10-21)27-11-13-29-14-12-27;/h18H,3-16H2,1-2H3,(H2,22,23,25);1H. The van der Waals surface area contributed by atoms with Crippen LogP contribution in [0.2, 0.25) is 0 Å². The molecule has 0 amide bonds. The molecule has 1 unspecified atom stereocenters. The lowest BCUT2D eigenvalue weighted by Gasteiger charge is -2.47. The van der Waals surface area contributed by atoms with Gasteiger partial charge in [-0.05, 0) is 33.1 Å². The van der Waals surface area contributed by atoms with Gasteiger partial charge in [0.15, 0.2) is 5.96 Å². The van der Waals surface area contributed by atoms with Gasteiger partial charge in [0.25, 0.3) is 0 Å². The largest absolute Gasteiger partial charge is 0.357 e. The Bertz CT molecular complexity index is 696. The van der Waals surface area contributed by atoms with E-state index in [1.807, 2.05) is 6.92 Å². The van der Waals surface area contributed by atoms with Crippen molar-refractivity contribution in [3.05, 3.63) is 11.6 Å². The van der Waals surface area contributed by atoms with Crippen LogP contribution in [0.3, 0.4) is 0 Å². The molecule has 0 radical (unpaired) electrons. The molecule has 0 spiro atoms. The molecule has 0 bridgehead atoms. The Balaban J connectivity index is 0.00000256. The van der Waals surface area contributed by atoms with Crippen LogP contribution in [0.1, 0.15) is 57.1 Å². The van der Waals surface area contributed by atoms with Gasteiger partial charge in [-0.3, -0.25) is 9.89 Å². The van der Waals surface area contributed by atoms with Gasteiger partial charge in [-0.15, -0.1) is 24.0 Å². The summed E-state index contributed by atoms with van der Waals surface area (Å²) >= 11 is 2.10. The molecule has 1 aromatic heterocycles. The summed E-state index contributed by atoms with van der Waals surface area (Å²) in [6.07, 6.45) is 8.73. The average molecular weight is 548 g/mol. The fraction of sp³-hybridized carbons (Fsp3) is 0.857. The second-order valence-corrected chi connectivity index (χ2v) is 9.94. The summed E-state index contributed by atoms with van der Waals surface area (Å²) in [6.45, 7) is 9.24. The third-order valence-electron chi connectivity index (χ3n) is 6.65. The fourth-order valence-electron chi connectivity index (χ4n) is 5.11. The summed E-state index contributed by atoms with van der Waals surface area (Å²) in [7, 11) is 0. The van der Waals surface area contributed by atoms with Crippen LogP contribution < -0.4 is 10.6 Å². The quantitative estimate of drug-likeness (QED) is 0.336. The summed E-state index contributed by atoms with van der Waals surface area (Å²) in [5.41, 5.74) is 0.268. The number of nitrogens with zero attached hydrogens (tertiary/aromatic N) is 5. The predicted molar refractivity (Wildman–Crippen MR) is 136 cm³/mol. The molecule has 1 aromatic rings. The second-order valence-electron chi connectivity index (χ2n) is 8.72. The van der Waals surface area contributed by atoms with Crippen LogP contribution in [0.5, 0.6) is 0 Å². The number of halogens is 1. The van der Waals surface area contributed by atoms with Crippen molar-refractivity contribution < 1.29 is 0 Å². The van der Waals surface area contributed by atoms with Crippen LogP contribution in [0, 0.1) is 6.92 Å². The summed E-state index contributed by atoms with van der Waals surface area (Å²) in [5, 5.41) is 11.7. The van der Waals surface area contributed by atoms with Gasteiger partial charge in [-0.2, -0.15) is 16.9 Å². The lowest BCUT2D eigenvalue weighted by atomic mass is 9.80. The van der Waals surface area contributed by atoms with Gasteiger partial charge in [0.05, 0.1) is 13.1 Å². The first-order valence-corrected chi connectivity index (χ1v) is 12.6. The van der Waals surface area contributed by atoms with Gasteiger partial charge in [-0.1, -0.05) is 19.3 Å². The average Bonchev–Trinajstić information content (AvgIpc) is 3.13. The smallest absolute Gasteiger partial charge is 0.191 e. The van der Waals surface area contributed by atoms with Crippen molar-refractivity contribution in [3.8, 4) is 0 Å². The first-order chi connectivity index (χ1) is 14.2. The van der Waals surface area contributed by atoms with E-state index >= 15 is 0 Å². The summed E-state index contributed by atoms with van der Waals surface area (Å²) in [6, 6.07) is 0.357. The molecule has 2 aliphatic heterocycles. The number of nitrogens with one attached hydrogen (secondary N) is 2. The zero-order chi connectivity index (χ0) is 20.1. The van der Waals surface area contributed by atoms with Crippen molar-refractivity contribution in [1.82, 2.24) is 30.3 Å². The Morgan fingerprint density at radius 1 is 1.23 bits per heavy atom. The third kappa shape index (κ3) is 5.82. The third-order valence-corrected chi connectivity index (χ3v) is 7.59. The molecule has 1 saturated carbocycles. The van der Waals surface area contributed by atoms with E-state index in [-0.39, 0.29) is 29.5 Å². The van der Waals surface area contributed by atoms with Crippen LogP contribution in [-0.2, 0) is 13.0 Å². The van der Waals surface area contributed by atoms with Gasteiger partial charge < -0.3 is 10.6 Å². The number of rotatable bonds is 5. The molecule has 4 rings (SSSR count). The van der Waals surface area contributed by atoms with E-state index in [4.69, 9.17) is 4.99 Å². The second kappa shape index (κ2) is 11.4. The van der Waals surface area contributed by atoms with Crippen LogP contribution in [-0.4, -0.2) is 74.9 Å². The number of thioether (sulfide) groups is 1. The fourth-order valence-corrected chi connectivity index (χ4v) is 6.02. The van der Waals surface area contributed by atoms with E-state index in [2.05, 4.69) is 49.0 Å². The topological polar surface area (TPSA) is 70.4 Å². The summed E-state index contributed by atoms with van der Waals surface area (Å²) < 4.78 is 2.06. The Labute approximate surface area is 202 Å².